The maximum absolute atomic E-state index is 12.0. The summed E-state index contributed by atoms with van der Waals surface area (Å²) >= 11 is 0. The zero-order valence-electron chi connectivity index (χ0n) is 18.2. The van der Waals surface area contributed by atoms with E-state index in [0.717, 1.165) is 34.3 Å². The summed E-state index contributed by atoms with van der Waals surface area (Å²) in [4.78, 5) is 26.1. The number of hydrogen-bond donors (Lipinski definition) is 1. The van der Waals surface area contributed by atoms with Gasteiger partial charge < -0.3 is 24.6 Å². The number of aromatic nitrogens is 3. The van der Waals surface area contributed by atoms with Crippen molar-refractivity contribution in [3.63, 3.8) is 0 Å². The first-order valence-electron chi connectivity index (χ1n) is 10.2. The first-order valence-corrected chi connectivity index (χ1v) is 10.2. The number of nitrogens with two attached hydrogens (primary N) is 1. The van der Waals surface area contributed by atoms with Crippen LogP contribution in [-0.2, 0) is 9.57 Å². The van der Waals surface area contributed by atoms with Crippen molar-refractivity contribution < 1.29 is 19.1 Å². The fraction of sp³-hybridized carbons (Fsp3) is 0.409. The van der Waals surface area contributed by atoms with Gasteiger partial charge in [0.2, 0.25) is 0 Å². The van der Waals surface area contributed by atoms with Crippen LogP contribution in [0.15, 0.2) is 36.8 Å². The molecule has 164 valence electrons. The highest BCUT2D eigenvalue weighted by Crippen LogP contribution is 2.37. The summed E-state index contributed by atoms with van der Waals surface area (Å²) in [5, 5.41) is 2.42. The maximum atomic E-state index is 12.0. The number of nitrogens with zero attached hydrogens (tertiary/aromatic N) is 4. The molecule has 1 unspecified atom stereocenters. The molecule has 1 aliphatic rings. The number of anilines is 1. The lowest BCUT2D eigenvalue weighted by molar-refractivity contribution is -0.131. The summed E-state index contributed by atoms with van der Waals surface area (Å²) in [6, 6.07) is 7.84. The normalized spacial score (nSPS) is 17.1. The molecule has 0 bridgehead atoms. The van der Waals surface area contributed by atoms with Gasteiger partial charge >= 0.3 is 6.16 Å². The number of carbonyl (C=O) groups is 1. The molecule has 4 rings (SSSR count). The van der Waals surface area contributed by atoms with Crippen molar-refractivity contribution in [3.05, 3.63) is 36.8 Å². The van der Waals surface area contributed by atoms with Gasteiger partial charge in [-0.1, -0.05) is 12.1 Å². The molecule has 1 atom stereocenters. The predicted octanol–water partition coefficient (Wildman–Crippen LogP) is 3.80. The van der Waals surface area contributed by atoms with Crippen molar-refractivity contribution in [2.24, 2.45) is 0 Å². The van der Waals surface area contributed by atoms with Crippen molar-refractivity contribution in [1.82, 2.24) is 19.6 Å². The monoisotopic (exact) mass is 425 g/mol. The van der Waals surface area contributed by atoms with E-state index in [9.17, 15) is 4.79 Å². The van der Waals surface area contributed by atoms with Crippen molar-refractivity contribution in [3.8, 4) is 16.9 Å². The number of benzene rings is 1. The Morgan fingerprint density at radius 1 is 1.26 bits per heavy atom. The van der Waals surface area contributed by atoms with E-state index in [1.54, 1.807) is 32.9 Å². The molecule has 3 heterocycles. The molecule has 2 N–H and O–H groups in total. The number of nitrogen functional groups attached to an aromatic ring is 1. The Kier molecular flexibility index (Phi) is 5.45. The Morgan fingerprint density at radius 3 is 2.81 bits per heavy atom. The third-order valence-corrected chi connectivity index (χ3v) is 5.13. The van der Waals surface area contributed by atoms with Crippen LogP contribution in [0.3, 0.4) is 0 Å². The lowest BCUT2D eigenvalue weighted by atomic mass is 10.1. The molecule has 1 saturated heterocycles. The number of hydrogen-bond acceptors (Lipinski definition) is 8. The quantitative estimate of drug-likeness (QED) is 0.629. The molecular weight excluding hydrogens is 398 g/mol. The third-order valence-electron chi connectivity index (χ3n) is 5.13. The highest BCUT2D eigenvalue weighted by Gasteiger charge is 2.30. The van der Waals surface area contributed by atoms with Crippen molar-refractivity contribution >= 4 is 23.0 Å². The summed E-state index contributed by atoms with van der Waals surface area (Å²) < 4.78 is 12.7. The van der Waals surface area contributed by atoms with Crippen LogP contribution in [0.5, 0.6) is 5.75 Å². The van der Waals surface area contributed by atoms with Gasteiger partial charge in [0.25, 0.3) is 0 Å². The zero-order chi connectivity index (χ0) is 22.2. The summed E-state index contributed by atoms with van der Waals surface area (Å²) in [7, 11) is 1.64. The van der Waals surface area contributed by atoms with Gasteiger partial charge in [-0.2, -0.15) is 0 Å². The van der Waals surface area contributed by atoms with Crippen LogP contribution < -0.4 is 10.5 Å². The second kappa shape index (κ2) is 8.07. The molecule has 0 radical (unpaired) electrons. The minimum Gasteiger partial charge on any atom is -0.497 e. The molecule has 0 aliphatic carbocycles. The van der Waals surface area contributed by atoms with E-state index in [1.165, 1.54) is 6.33 Å². The molecule has 2 aromatic heterocycles. The van der Waals surface area contributed by atoms with Gasteiger partial charge in [0.1, 0.15) is 29.1 Å². The van der Waals surface area contributed by atoms with E-state index < -0.39 is 11.8 Å². The predicted molar refractivity (Wildman–Crippen MR) is 116 cm³/mol. The molecule has 1 aromatic carbocycles. The van der Waals surface area contributed by atoms with Crippen LogP contribution >= 0.6 is 0 Å². The summed E-state index contributed by atoms with van der Waals surface area (Å²) in [5.41, 5.74) is 8.27. The lowest BCUT2D eigenvalue weighted by Crippen LogP contribution is -2.31. The second-order valence-corrected chi connectivity index (χ2v) is 8.53. The van der Waals surface area contributed by atoms with Crippen molar-refractivity contribution in [2.45, 2.75) is 38.8 Å². The third kappa shape index (κ3) is 4.41. The van der Waals surface area contributed by atoms with Gasteiger partial charge in [0.15, 0.2) is 0 Å². The first kappa shape index (κ1) is 20.9. The SMILES string of the molecule is COc1cccc(-c2cn(C3CCN(OC(=O)OC(C)(C)C)C3)c3ncnc(N)c23)c1. The fourth-order valence-corrected chi connectivity index (χ4v) is 3.79. The highest BCUT2D eigenvalue weighted by molar-refractivity contribution is 6.00. The lowest BCUT2D eigenvalue weighted by Gasteiger charge is -2.21. The molecule has 9 nitrogen and oxygen atoms in total. The maximum Gasteiger partial charge on any atom is 0.528 e. The number of methoxy groups -OCH3 is 1. The van der Waals surface area contributed by atoms with Gasteiger partial charge in [-0.05, 0) is 44.9 Å². The molecule has 3 aromatic rings. The largest absolute Gasteiger partial charge is 0.528 e. The van der Waals surface area contributed by atoms with Gasteiger partial charge in [0.05, 0.1) is 25.1 Å². The topological polar surface area (TPSA) is 105 Å². The molecular formula is C22H27N5O4. The van der Waals surface area contributed by atoms with Gasteiger partial charge in [0, 0.05) is 18.3 Å². The van der Waals surface area contributed by atoms with Crippen LogP contribution in [0.2, 0.25) is 0 Å². The van der Waals surface area contributed by atoms with Crippen molar-refractivity contribution in [1.29, 1.82) is 0 Å². The Hall–Kier alpha value is -3.33. The fourth-order valence-electron chi connectivity index (χ4n) is 3.79. The minimum atomic E-state index is -0.700. The molecule has 0 amide bonds. The number of carbonyl (C=O) groups excluding carboxylic acids is 1. The van der Waals surface area contributed by atoms with E-state index >= 15 is 0 Å². The van der Waals surface area contributed by atoms with E-state index in [2.05, 4.69) is 14.5 Å². The Labute approximate surface area is 180 Å². The Morgan fingerprint density at radius 2 is 2.06 bits per heavy atom. The molecule has 1 fully saturated rings. The second-order valence-electron chi connectivity index (χ2n) is 8.53. The summed E-state index contributed by atoms with van der Waals surface area (Å²) in [6.45, 7) is 6.52. The van der Waals surface area contributed by atoms with Gasteiger partial charge in [-0.3, -0.25) is 0 Å². The zero-order valence-corrected chi connectivity index (χ0v) is 18.2. The van der Waals surface area contributed by atoms with Crippen LogP contribution in [0, 0.1) is 0 Å². The molecule has 31 heavy (non-hydrogen) atoms. The van der Waals surface area contributed by atoms with E-state index in [-0.39, 0.29) is 6.04 Å². The average Bonchev–Trinajstić information content (AvgIpc) is 3.31. The molecule has 1 aliphatic heterocycles. The van der Waals surface area contributed by atoms with Crippen LogP contribution in [0.4, 0.5) is 10.6 Å². The first-order chi connectivity index (χ1) is 14.7. The summed E-state index contributed by atoms with van der Waals surface area (Å²) in [5.74, 6) is 1.17. The van der Waals surface area contributed by atoms with Crippen LogP contribution in [0.25, 0.3) is 22.2 Å². The average molecular weight is 425 g/mol. The highest BCUT2D eigenvalue weighted by atomic mass is 16.8. The molecule has 0 saturated carbocycles. The number of hydroxylamine groups is 2. The smallest absolute Gasteiger partial charge is 0.497 e. The number of fused-ring (bicyclic) bond motifs is 1. The van der Waals surface area contributed by atoms with Gasteiger partial charge in [-0.25, -0.2) is 14.8 Å². The van der Waals surface area contributed by atoms with Crippen LogP contribution in [-0.4, -0.2) is 51.6 Å². The van der Waals surface area contributed by atoms with E-state index in [0.29, 0.717) is 18.9 Å². The standard InChI is InChI=1S/C22H27N5O4/c1-22(2,3)30-21(28)31-26-9-8-15(11-26)27-12-17(14-6-5-7-16(10-14)29-4)18-19(23)24-13-25-20(18)27/h5-7,10,12-13,15H,8-9,11H2,1-4H3,(H2,23,24,25). The van der Waals surface area contributed by atoms with Gasteiger partial charge in [-0.15, -0.1) is 5.06 Å². The Balaban J connectivity index is 1.63. The summed E-state index contributed by atoms with van der Waals surface area (Å²) in [6.07, 6.45) is 3.59. The minimum absolute atomic E-state index is 0.0543. The van der Waals surface area contributed by atoms with Crippen LogP contribution in [0.1, 0.15) is 33.2 Å². The number of rotatable bonds is 4. The molecule has 9 heteroatoms. The Bertz CT molecular complexity index is 1100. The van der Waals surface area contributed by atoms with E-state index in [4.69, 9.17) is 20.0 Å². The van der Waals surface area contributed by atoms with Crippen molar-refractivity contribution in [2.75, 3.05) is 25.9 Å². The number of ether oxygens (including phenoxy) is 2. The van der Waals surface area contributed by atoms with E-state index in [1.807, 2.05) is 30.5 Å². The molecule has 0 spiro atoms.